The zero-order valence-electron chi connectivity index (χ0n) is 17.3. The molecule has 174 valence electrons. The van der Waals surface area contributed by atoms with Gasteiger partial charge in [-0.3, -0.25) is 19.0 Å². The molecule has 4 aromatic rings. The lowest BCUT2D eigenvalue weighted by molar-refractivity contribution is -0.116. The summed E-state index contributed by atoms with van der Waals surface area (Å²) in [5, 5.41) is 10.2. The molecule has 0 bridgehead atoms. The van der Waals surface area contributed by atoms with Crippen LogP contribution in [0.15, 0.2) is 63.7 Å². The molecule has 0 atom stereocenters. The van der Waals surface area contributed by atoms with Crippen molar-refractivity contribution in [2.75, 3.05) is 5.75 Å². The van der Waals surface area contributed by atoms with Gasteiger partial charge in [-0.05, 0) is 29.8 Å². The molecular weight excluding hydrogens is 485 g/mol. The third kappa shape index (κ3) is 4.32. The number of nitrogens with zero attached hydrogens (tertiary/aromatic N) is 2. The van der Waals surface area contributed by atoms with Crippen LogP contribution in [0, 0.1) is 5.13 Å². The van der Waals surface area contributed by atoms with Crippen molar-refractivity contribution in [1.82, 2.24) is 9.55 Å². The van der Waals surface area contributed by atoms with Crippen molar-refractivity contribution in [2.45, 2.75) is 10.6 Å². The summed E-state index contributed by atoms with van der Waals surface area (Å²) in [7, 11) is -3.97. The Hall–Kier alpha value is -3.90. The molecule has 0 radical (unpaired) electrons. The lowest BCUT2D eigenvalue weighted by Gasteiger charge is -2.14. The lowest BCUT2D eigenvalue weighted by Crippen LogP contribution is -2.28. The first-order valence-corrected chi connectivity index (χ1v) is 12.2. The number of hydrogen-bond donors (Lipinski definition) is 2. The number of benzene rings is 1. The number of pyridine rings is 2. The minimum atomic E-state index is -3.97. The lowest BCUT2D eigenvalue weighted by atomic mass is 10.1. The van der Waals surface area contributed by atoms with Gasteiger partial charge in [-0.1, -0.05) is 35.6 Å². The molecule has 0 unspecified atom stereocenters. The summed E-state index contributed by atoms with van der Waals surface area (Å²) in [4.78, 5) is 41.5. The Kier molecular flexibility index (Phi) is 6.02. The summed E-state index contributed by atoms with van der Waals surface area (Å²) in [5.74, 6) is -2.99. The van der Waals surface area contributed by atoms with Crippen LogP contribution in [-0.4, -0.2) is 40.5 Å². The highest BCUT2D eigenvalue weighted by Crippen LogP contribution is 2.27. The van der Waals surface area contributed by atoms with Crippen LogP contribution in [0.3, 0.4) is 0 Å². The fourth-order valence-electron chi connectivity index (χ4n) is 3.46. The molecule has 3 aromatic heterocycles. The predicted molar refractivity (Wildman–Crippen MR) is 123 cm³/mol. The number of sulfone groups is 1. The van der Waals surface area contributed by atoms with Crippen molar-refractivity contribution in [3.8, 4) is 11.6 Å². The average molecular weight is 502 g/mol. The third-order valence-electron chi connectivity index (χ3n) is 4.94. The van der Waals surface area contributed by atoms with Crippen molar-refractivity contribution in [3.63, 3.8) is 0 Å². The van der Waals surface area contributed by atoms with Gasteiger partial charge in [-0.2, -0.15) is 4.39 Å². The topological polar surface area (TPSA) is 149 Å². The Balaban J connectivity index is 1.64. The maximum absolute atomic E-state index is 13.1. The number of hydrogen-bond acceptors (Lipinski definition) is 8. The third-order valence-corrected chi connectivity index (χ3v) is 8.07. The number of halogens is 1. The molecule has 3 N–H and O–H groups in total. The van der Waals surface area contributed by atoms with Crippen LogP contribution in [0.4, 0.5) is 4.39 Å². The van der Waals surface area contributed by atoms with E-state index in [0.717, 1.165) is 16.7 Å². The molecule has 0 aliphatic rings. The van der Waals surface area contributed by atoms with E-state index in [9.17, 15) is 32.3 Å². The number of nitrogens with two attached hydrogens (primary N) is 1. The zero-order valence-corrected chi connectivity index (χ0v) is 18.9. The van der Waals surface area contributed by atoms with Crippen LogP contribution in [0.5, 0.6) is 5.75 Å². The molecule has 9 nitrogen and oxygen atoms in total. The van der Waals surface area contributed by atoms with E-state index in [4.69, 9.17) is 5.73 Å². The van der Waals surface area contributed by atoms with E-state index in [2.05, 4.69) is 4.98 Å². The molecule has 12 heteroatoms. The largest absolute Gasteiger partial charge is 0.505 e. The Labute approximate surface area is 195 Å². The molecule has 0 fully saturated rings. The van der Waals surface area contributed by atoms with Crippen molar-refractivity contribution < 1.29 is 27.5 Å². The highest BCUT2D eigenvalue weighted by atomic mass is 32.2. The van der Waals surface area contributed by atoms with Gasteiger partial charge in [0.25, 0.3) is 11.5 Å². The van der Waals surface area contributed by atoms with Crippen LogP contribution in [-0.2, 0) is 21.1 Å². The highest BCUT2D eigenvalue weighted by Gasteiger charge is 2.23. The molecule has 34 heavy (non-hydrogen) atoms. The zero-order chi connectivity index (χ0) is 24.6. The highest BCUT2D eigenvalue weighted by molar-refractivity contribution is 7.94. The molecule has 0 saturated heterocycles. The minimum Gasteiger partial charge on any atom is -0.505 e. The van der Waals surface area contributed by atoms with Gasteiger partial charge in [-0.25, -0.2) is 13.4 Å². The van der Waals surface area contributed by atoms with Gasteiger partial charge in [0, 0.05) is 18.0 Å². The molecular formula is C22H16FN3O6S2. The number of aromatic nitrogens is 2. The monoisotopic (exact) mass is 501 g/mol. The van der Waals surface area contributed by atoms with Crippen LogP contribution < -0.4 is 11.3 Å². The number of amides is 1. The normalized spacial score (nSPS) is 11.6. The number of aromatic hydroxyl groups is 1. The van der Waals surface area contributed by atoms with E-state index >= 15 is 0 Å². The van der Waals surface area contributed by atoms with Crippen molar-refractivity contribution in [3.05, 3.63) is 81.5 Å². The van der Waals surface area contributed by atoms with E-state index in [1.807, 2.05) is 0 Å². The molecule has 1 amide bonds. The second-order valence-electron chi connectivity index (χ2n) is 7.31. The second kappa shape index (κ2) is 8.80. The van der Waals surface area contributed by atoms with Crippen molar-refractivity contribution >= 4 is 43.6 Å². The van der Waals surface area contributed by atoms with Crippen molar-refractivity contribution in [1.29, 1.82) is 0 Å². The number of thiophene rings is 1. The number of carbonyl (C=O) groups excluding carboxylic acids is 2. The summed E-state index contributed by atoms with van der Waals surface area (Å²) >= 11 is 0.440. The molecule has 3 heterocycles. The van der Waals surface area contributed by atoms with E-state index in [-0.39, 0.29) is 27.2 Å². The SMILES string of the molecule is NC(=O)c1c(O)c2ccccc2c(=O)n1-c1ccc(CC(=O)CS(=O)(=O)c2ccc(F)s2)cn1. The van der Waals surface area contributed by atoms with Gasteiger partial charge in [0.1, 0.15) is 15.8 Å². The number of fused-ring (bicyclic) bond motifs is 1. The van der Waals surface area contributed by atoms with Crippen LogP contribution in [0.2, 0.25) is 0 Å². The van der Waals surface area contributed by atoms with E-state index in [1.54, 1.807) is 12.1 Å². The first-order valence-electron chi connectivity index (χ1n) is 9.70. The Morgan fingerprint density at radius 2 is 1.79 bits per heavy atom. The maximum atomic E-state index is 13.1. The first kappa shape index (κ1) is 23.3. The summed E-state index contributed by atoms with van der Waals surface area (Å²) in [6.45, 7) is 0. The summed E-state index contributed by atoms with van der Waals surface area (Å²) < 4.78 is 38.3. The van der Waals surface area contributed by atoms with E-state index < -0.39 is 49.4 Å². The summed E-state index contributed by atoms with van der Waals surface area (Å²) in [5.41, 5.74) is 4.67. The molecule has 0 aliphatic heterocycles. The summed E-state index contributed by atoms with van der Waals surface area (Å²) in [6.07, 6.45) is 0.967. The van der Waals surface area contributed by atoms with Gasteiger partial charge in [0.2, 0.25) is 0 Å². The fourth-order valence-corrected chi connectivity index (χ4v) is 5.79. The van der Waals surface area contributed by atoms with Crippen LogP contribution in [0.1, 0.15) is 16.1 Å². The Morgan fingerprint density at radius 3 is 2.38 bits per heavy atom. The number of ketones is 1. The first-order chi connectivity index (χ1) is 16.1. The number of primary amides is 1. The second-order valence-corrected chi connectivity index (χ2v) is 10.6. The number of Topliss-reactive ketones (excluding diaryl/α,β-unsaturated/α-hetero) is 1. The number of rotatable bonds is 7. The van der Waals surface area contributed by atoms with E-state index in [0.29, 0.717) is 16.9 Å². The minimum absolute atomic E-state index is 0.0299. The smallest absolute Gasteiger partial charge is 0.269 e. The molecule has 4 rings (SSSR count). The predicted octanol–water partition coefficient (Wildman–Crippen LogP) is 1.98. The molecule has 0 saturated carbocycles. The molecule has 0 spiro atoms. The molecule has 0 aliphatic carbocycles. The quantitative estimate of drug-likeness (QED) is 0.393. The van der Waals surface area contributed by atoms with Crippen LogP contribution >= 0.6 is 11.3 Å². The fraction of sp³-hybridized carbons (Fsp3) is 0.0909. The van der Waals surface area contributed by atoms with Crippen LogP contribution in [0.25, 0.3) is 16.6 Å². The van der Waals surface area contributed by atoms with Crippen molar-refractivity contribution in [2.24, 2.45) is 5.73 Å². The molecule has 1 aromatic carbocycles. The van der Waals surface area contributed by atoms with Gasteiger partial charge in [0.15, 0.2) is 32.2 Å². The van der Waals surface area contributed by atoms with Gasteiger partial charge in [0.05, 0.1) is 5.39 Å². The Morgan fingerprint density at radius 1 is 1.09 bits per heavy atom. The van der Waals surface area contributed by atoms with E-state index in [1.165, 1.54) is 30.5 Å². The Bertz CT molecular complexity index is 1610. The van der Waals surface area contributed by atoms with Gasteiger partial charge < -0.3 is 10.8 Å². The average Bonchev–Trinajstić information content (AvgIpc) is 3.23. The van der Waals surface area contributed by atoms with Gasteiger partial charge >= 0.3 is 0 Å². The summed E-state index contributed by atoms with van der Waals surface area (Å²) in [6, 6.07) is 11.0. The standard InChI is InChI=1S/C22H16FN3O6S2/c23-16-6-8-18(33-16)34(31,32)11-13(27)9-12-5-7-17(25-10-12)26-19(21(24)29)20(28)14-3-1-2-4-15(14)22(26)30/h1-8,10,28H,9,11H2,(H2,24,29). The van der Waals surface area contributed by atoms with Gasteiger partial charge in [-0.15, -0.1) is 0 Å². The maximum Gasteiger partial charge on any atom is 0.269 e. The number of carbonyl (C=O) groups is 2.